The second-order valence-corrected chi connectivity index (χ2v) is 12.4. The van der Waals surface area contributed by atoms with Crippen LogP contribution in [-0.2, 0) is 11.2 Å². The van der Waals surface area contributed by atoms with E-state index in [4.69, 9.17) is 32.1 Å². The van der Waals surface area contributed by atoms with E-state index < -0.39 is 18.2 Å². The van der Waals surface area contributed by atoms with Gasteiger partial charge in [-0.2, -0.15) is 5.26 Å². The molecule has 0 spiro atoms. The van der Waals surface area contributed by atoms with Crippen molar-refractivity contribution in [2.24, 2.45) is 17.1 Å². The summed E-state index contributed by atoms with van der Waals surface area (Å²) in [5.41, 5.74) is 8.39. The van der Waals surface area contributed by atoms with Crippen molar-refractivity contribution >= 4 is 40.9 Å². The summed E-state index contributed by atoms with van der Waals surface area (Å²) in [6.45, 7) is 10.1. The molecule has 1 fully saturated rings. The SMILES string of the molecule is COc1cc(CC(C(OC(N)=O)c2ccc(N3CCN(C)CC3)cc2)C(C)(C)C)c(Cl)cc1NC(=O)Nc1cnc(C#N)cn1. The third-order valence-corrected chi connectivity index (χ3v) is 8.23. The molecule has 1 aliphatic rings. The predicted octanol–water partition coefficient (Wildman–Crippen LogP) is 5.45. The Bertz CT molecular complexity index is 1530. The molecule has 12 nitrogen and oxygen atoms in total. The fraction of sp³-hybridized carbons (Fsp3) is 0.406. The van der Waals surface area contributed by atoms with Crippen molar-refractivity contribution in [3.05, 3.63) is 70.6 Å². The summed E-state index contributed by atoms with van der Waals surface area (Å²) in [5, 5.41) is 14.6. The molecule has 4 N–H and O–H groups in total. The number of hydrogen-bond donors (Lipinski definition) is 3. The summed E-state index contributed by atoms with van der Waals surface area (Å²) in [6.07, 6.45) is 1.44. The van der Waals surface area contributed by atoms with Crippen LogP contribution < -0.4 is 26.0 Å². The van der Waals surface area contributed by atoms with Crippen LogP contribution in [0.15, 0.2) is 48.8 Å². The first-order chi connectivity index (χ1) is 21.4. The molecule has 4 rings (SSSR count). The number of hydrogen-bond acceptors (Lipinski definition) is 9. The van der Waals surface area contributed by atoms with E-state index >= 15 is 0 Å². The van der Waals surface area contributed by atoms with Crippen LogP contribution in [0.2, 0.25) is 5.02 Å². The third kappa shape index (κ3) is 8.74. The van der Waals surface area contributed by atoms with E-state index in [0.717, 1.165) is 43.0 Å². The standard InChI is InChI=1S/C32H39ClN8O4/c1-32(2,3)24(29(45-30(35)42)20-6-8-23(9-7-20)41-12-10-40(4)11-13-41)14-21-15-27(44-5)26(16-25(21)33)38-31(43)39-28-19-36-22(17-34)18-37-28/h6-9,15-16,18-19,24,29H,10-14H2,1-5H3,(H2,35,42)(H2,37,38,39,43). The van der Waals surface area contributed by atoms with Crippen LogP contribution in [0.4, 0.5) is 26.8 Å². The number of piperazine rings is 1. The maximum atomic E-state index is 12.7. The Morgan fingerprint density at radius 3 is 2.33 bits per heavy atom. The molecule has 2 atom stereocenters. The Hall–Kier alpha value is -4.60. The number of aromatic nitrogens is 2. The highest BCUT2D eigenvalue weighted by molar-refractivity contribution is 6.31. The van der Waals surface area contributed by atoms with Gasteiger partial charge in [0.25, 0.3) is 0 Å². The number of methoxy groups -OCH3 is 1. The number of primary amides is 1. The molecule has 1 aliphatic heterocycles. The van der Waals surface area contributed by atoms with Crippen molar-refractivity contribution in [3.8, 4) is 11.8 Å². The van der Waals surface area contributed by atoms with Crippen molar-refractivity contribution < 1.29 is 19.1 Å². The molecule has 2 heterocycles. The number of nitrogens with one attached hydrogen (secondary N) is 2. The summed E-state index contributed by atoms with van der Waals surface area (Å²) < 4.78 is 11.4. The molecule has 13 heteroatoms. The minimum absolute atomic E-state index is 0.129. The van der Waals surface area contributed by atoms with Crippen molar-refractivity contribution in [1.82, 2.24) is 14.9 Å². The first kappa shape index (κ1) is 33.3. The van der Waals surface area contributed by atoms with Crippen molar-refractivity contribution in [2.45, 2.75) is 33.3 Å². The van der Waals surface area contributed by atoms with Gasteiger partial charge in [0.2, 0.25) is 0 Å². The second kappa shape index (κ2) is 14.5. The lowest BCUT2D eigenvalue weighted by molar-refractivity contribution is 0.0229. The first-order valence-corrected chi connectivity index (χ1v) is 14.9. The molecular formula is C32H39ClN8O4. The van der Waals surface area contributed by atoms with E-state index in [-0.39, 0.29) is 22.8 Å². The number of nitrogens with two attached hydrogens (primary N) is 1. The fourth-order valence-corrected chi connectivity index (χ4v) is 5.53. The molecule has 3 amide bonds. The van der Waals surface area contributed by atoms with Crippen molar-refractivity contribution in [3.63, 3.8) is 0 Å². The number of nitriles is 1. The highest BCUT2D eigenvalue weighted by atomic mass is 35.5. The normalized spacial score (nSPS) is 15.0. The molecule has 45 heavy (non-hydrogen) atoms. The molecule has 0 bridgehead atoms. The van der Waals surface area contributed by atoms with Gasteiger partial charge >= 0.3 is 12.1 Å². The van der Waals surface area contributed by atoms with E-state index in [9.17, 15) is 9.59 Å². The molecule has 3 aromatic rings. The minimum atomic E-state index is -0.862. The van der Waals surface area contributed by atoms with Gasteiger partial charge in [-0.3, -0.25) is 5.32 Å². The molecule has 0 radical (unpaired) electrons. The van der Waals surface area contributed by atoms with Crippen LogP contribution >= 0.6 is 11.6 Å². The Kier molecular flexibility index (Phi) is 10.7. The van der Waals surface area contributed by atoms with Crippen molar-refractivity contribution in [2.75, 3.05) is 55.9 Å². The van der Waals surface area contributed by atoms with Crippen LogP contribution in [0.3, 0.4) is 0 Å². The molecule has 1 aromatic heterocycles. The highest BCUT2D eigenvalue weighted by Gasteiger charge is 2.36. The number of carbonyl (C=O) groups excluding carboxylic acids is 2. The molecule has 2 aromatic carbocycles. The third-order valence-electron chi connectivity index (χ3n) is 7.88. The van der Waals surface area contributed by atoms with Gasteiger partial charge < -0.3 is 30.3 Å². The van der Waals surface area contributed by atoms with E-state index in [1.807, 2.05) is 18.2 Å². The van der Waals surface area contributed by atoms with E-state index in [1.165, 1.54) is 19.5 Å². The fourth-order valence-electron chi connectivity index (χ4n) is 5.29. The maximum Gasteiger partial charge on any atom is 0.405 e. The second-order valence-electron chi connectivity index (χ2n) is 12.0. The zero-order chi connectivity index (χ0) is 32.7. The number of anilines is 3. The lowest BCUT2D eigenvalue weighted by Gasteiger charge is -2.37. The van der Waals surface area contributed by atoms with Gasteiger partial charge in [-0.05, 0) is 54.3 Å². The number of urea groups is 1. The molecule has 2 unspecified atom stereocenters. The van der Waals surface area contributed by atoms with Gasteiger partial charge in [0.1, 0.15) is 17.9 Å². The van der Waals surface area contributed by atoms with E-state index in [1.54, 1.807) is 12.1 Å². The van der Waals surface area contributed by atoms with Crippen LogP contribution in [0.5, 0.6) is 5.75 Å². The summed E-state index contributed by atoms with van der Waals surface area (Å²) in [7, 11) is 3.61. The zero-order valence-corrected chi connectivity index (χ0v) is 26.9. The summed E-state index contributed by atoms with van der Waals surface area (Å²) in [4.78, 5) is 37.4. The molecule has 1 saturated heterocycles. The maximum absolute atomic E-state index is 12.7. The van der Waals surface area contributed by atoms with Crippen LogP contribution in [0.25, 0.3) is 0 Å². The summed E-state index contributed by atoms with van der Waals surface area (Å²) >= 11 is 6.78. The quantitative estimate of drug-likeness (QED) is 0.278. The Morgan fingerprint density at radius 1 is 1.09 bits per heavy atom. The highest BCUT2D eigenvalue weighted by Crippen LogP contribution is 2.43. The number of benzene rings is 2. The monoisotopic (exact) mass is 634 g/mol. The van der Waals surface area contributed by atoms with Gasteiger partial charge in [0.15, 0.2) is 11.5 Å². The Morgan fingerprint density at radius 2 is 1.78 bits per heavy atom. The number of likely N-dealkylation sites (N-methyl/N-ethyl adjacent to an activating group) is 1. The van der Waals surface area contributed by atoms with Gasteiger partial charge in [-0.25, -0.2) is 19.6 Å². The largest absolute Gasteiger partial charge is 0.495 e. The summed E-state index contributed by atoms with van der Waals surface area (Å²) in [5.74, 6) is 0.309. The number of ether oxygens (including phenoxy) is 2. The first-order valence-electron chi connectivity index (χ1n) is 14.5. The number of carbonyl (C=O) groups is 2. The van der Waals surface area contributed by atoms with E-state index in [0.29, 0.717) is 22.9 Å². The number of amides is 3. The Balaban J connectivity index is 1.57. The summed E-state index contributed by atoms with van der Waals surface area (Å²) in [6, 6.07) is 12.7. The Labute approximate surface area is 268 Å². The van der Waals surface area contributed by atoms with Crippen LogP contribution in [0.1, 0.15) is 43.7 Å². The smallest absolute Gasteiger partial charge is 0.405 e. The lowest BCUT2D eigenvalue weighted by Crippen LogP contribution is -2.44. The number of nitrogens with zero attached hydrogens (tertiary/aromatic N) is 5. The lowest BCUT2D eigenvalue weighted by atomic mass is 9.72. The number of rotatable bonds is 9. The number of halogens is 1. The van der Waals surface area contributed by atoms with Crippen LogP contribution in [0, 0.1) is 22.7 Å². The molecule has 0 saturated carbocycles. The molecule has 238 valence electrons. The average Bonchev–Trinajstić information content (AvgIpc) is 3.00. The topological polar surface area (TPSA) is 159 Å². The molecule has 0 aliphatic carbocycles. The minimum Gasteiger partial charge on any atom is -0.495 e. The predicted molar refractivity (Wildman–Crippen MR) is 174 cm³/mol. The van der Waals surface area contributed by atoms with Gasteiger partial charge in [-0.1, -0.05) is 44.5 Å². The van der Waals surface area contributed by atoms with Crippen molar-refractivity contribution in [1.29, 1.82) is 5.26 Å². The van der Waals surface area contributed by atoms with E-state index in [2.05, 4.69) is 70.4 Å². The van der Waals surface area contributed by atoms with Gasteiger partial charge in [-0.15, -0.1) is 0 Å². The molecular weight excluding hydrogens is 596 g/mol. The average molecular weight is 635 g/mol. The van der Waals surface area contributed by atoms with Gasteiger partial charge in [0.05, 0.1) is 25.2 Å². The van der Waals surface area contributed by atoms with Gasteiger partial charge in [0, 0.05) is 42.8 Å². The zero-order valence-electron chi connectivity index (χ0n) is 26.1. The van der Waals surface area contributed by atoms with Crippen LogP contribution in [-0.4, -0.2) is 67.3 Å².